The van der Waals surface area contributed by atoms with Crippen molar-refractivity contribution in [2.24, 2.45) is 0 Å². The van der Waals surface area contributed by atoms with Gasteiger partial charge >= 0.3 is 0 Å². The zero-order chi connectivity index (χ0) is 17.7. The third kappa shape index (κ3) is 4.91. The van der Waals surface area contributed by atoms with Crippen LogP contribution < -0.4 is 10.0 Å². The fraction of sp³-hybridized carbons (Fsp3) is 0.400. The number of hydrogen-bond acceptors (Lipinski definition) is 3. The number of aryl methyl sites for hydroxylation is 1. The van der Waals surface area contributed by atoms with E-state index in [0.29, 0.717) is 6.42 Å². The van der Waals surface area contributed by atoms with Gasteiger partial charge in [-0.2, -0.15) is 0 Å². The van der Waals surface area contributed by atoms with E-state index in [9.17, 15) is 8.42 Å². The van der Waals surface area contributed by atoms with Crippen LogP contribution >= 0.6 is 0 Å². The topological polar surface area (TPSA) is 58.2 Å². The van der Waals surface area contributed by atoms with Crippen molar-refractivity contribution < 1.29 is 8.42 Å². The summed E-state index contributed by atoms with van der Waals surface area (Å²) in [6, 6.07) is 16.2. The van der Waals surface area contributed by atoms with Gasteiger partial charge in [0.25, 0.3) is 0 Å². The van der Waals surface area contributed by atoms with Crippen LogP contribution in [0.3, 0.4) is 0 Å². The second-order valence-corrected chi connectivity index (χ2v) is 8.61. The zero-order valence-electron chi connectivity index (χ0n) is 14.7. The Kier molecular flexibility index (Phi) is 5.89. The molecule has 0 saturated carbocycles. The summed E-state index contributed by atoms with van der Waals surface area (Å²) >= 11 is 0. The lowest BCUT2D eigenvalue weighted by molar-refractivity contribution is 0.555. The van der Waals surface area contributed by atoms with E-state index in [1.807, 2.05) is 30.3 Å². The standard InChI is InChI=1S/C20H26N2O2S/c1-2-25(23,24)22-20(13-16-7-4-3-5-8-16)18-11-10-17-9-6-12-21-15-19(17)14-18/h3-5,7-8,10-11,14,20-22H,2,6,9,12-13,15H2,1H3. The van der Waals surface area contributed by atoms with Gasteiger partial charge in [-0.1, -0.05) is 48.5 Å². The summed E-state index contributed by atoms with van der Waals surface area (Å²) in [5.41, 5.74) is 4.80. The van der Waals surface area contributed by atoms with Crippen molar-refractivity contribution in [1.29, 1.82) is 0 Å². The molecule has 4 nitrogen and oxygen atoms in total. The molecule has 0 fully saturated rings. The van der Waals surface area contributed by atoms with Gasteiger partial charge in [-0.3, -0.25) is 0 Å². The maximum absolute atomic E-state index is 12.2. The van der Waals surface area contributed by atoms with Crippen molar-refractivity contribution in [1.82, 2.24) is 10.0 Å². The summed E-state index contributed by atoms with van der Waals surface area (Å²) in [6.45, 7) is 3.55. The molecular formula is C20H26N2O2S. The van der Waals surface area contributed by atoms with Crippen molar-refractivity contribution in [3.05, 3.63) is 70.8 Å². The highest BCUT2D eigenvalue weighted by Crippen LogP contribution is 2.24. The molecule has 1 aliphatic heterocycles. The first kappa shape index (κ1) is 18.1. The maximum atomic E-state index is 12.2. The molecule has 0 radical (unpaired) electrons. The third-order valence-electron chi connectivity index (χ3n) is 4.73. The minimum Gasteiger partial charge on any atom is -0.313 e. The fourth-order valence-corrected chi connectivity index (χ4v) is 4.09. The second-order valence-electron chi connectivity index (χ2n) is 6.57. The molecule has 2 aromatic carbocycles. The first-order valence-corrected chi connectivity index (χ1v) is 10.6. The molecule has 0 bridgehead atoms. The lowest BCUT2D eigenvalue weighted by Gasteiger charge is -2.21. The Labute approximate surface area is 150 Å². The van der Waals surface area contributed by atoms with Crippen molar-refractivity contribution >= 4 is 10.0 Å². The van der Waals surface area contributed by atoms with Crippen LogP contribution in [0.2, 0.25) is 0 Å². The van der Waals surface area contributed by atoms with Crippen molar-refractivity contribution in [2.75, 3.05) is 12.3 Å². The molecule has 0 saturated heterocycles. The molecule has 2 N–H and O–H groups in total. The molecule has 1 heterocycles. The molecule has 0 aromatic heterocycles. The summed E-state index contributed by atoms with van der Waals surface area (Å²) in [7, 11) is -3.28. The van der Waals surface area contributed by atoms with Gasteiger partial charge in [0.05, 0.1) is 11.8 Å². The molecule has 1 atom stereocenters. The molecule has 0 spiro atoms. The van der Waals surface area contributed by atoms with Gasteiger partial charge in [-0.15, -0.1) is 0 Å². The third-order valence-corrected chi connectivity index (χ3v) is 6.14. The molecule has 5 heteroatoms. The Morgan fingerprint density at radius 2 is 1.92 bits per heavy atom. The Hall–Kier alpha value is -1.69. The average Bonchev–Trinajstić information content (AvgIpc) is 2.86. The van der Waals surface area contributed by atoms with Gasteiger partial charge in [0, 0.05) is 6.54 Å². The van der Waals surface area contributed by atoms with Crippen molar-refractivity contribution in [3.8, 4) is 0 Å². The quantitative estimate of drug-likeness (QED) is 0.835. The Morgan fingerprint density at radius 1 is 1.12 bits per heavy atom. The van der Waals surface area contributed by atoms with Crippen LogP contribution in [0.25, 0.3) is 0 Å². The first-order valence-electron chi connectivity index (χ1n) is 8.94. The molecule has 2 aromatic rings. The highest BCUT2D eigenvalue weighted by molar-refractivity contribution is 7.89. The summed E-state index contributed by atoms with van der Waals surface area (Å²) in [5, 5.41) is 3.44. The van der Waals surface area contributed by atoms with Crippen LogP contribution in [-0.4, -0.2) is 20.7 Å². The fourth-order valence-electron chi connectivity index (χ4n) is 3.28. The summed E-state index contributed by atoms with van der Waals surface area (Å²) < 4.78 is 27.3. The van der Waals surface area contributed by atoms with E-state index in [4.69, 9.17) is 0 Å². The van der Waals surface area contributed by atoms with E-state index in [1.165, 1.54) is 11.1 Å². The highest BCUT2D eigenvalue weighted by Gasteiger charge is 2.20. The van der Waals surface area contributed by atoms with Crippen molar-refractivity contribution in [3.63, 3.8) is 0 Å². The largest absolute Gasteiger partial charge is 0.313 e. The lowest BCUT2D eigenvalue weighted by Crippen LogP contribution is -2.31. The number of rotatable bonds is 6. The highest BCUT2D eigenvalue weighted by atomic mass is 32.2. The summed E-state index contributed by atoms with van der Waals surface area (Å²) in [6.07, 6.45) is 2.86. The second kappa shape index (κ2) is 8.13. The maximum Gasteiger partial charge on any atom is 0.211 e. The average molecular weight is 359 g/mol. The van der Waals surface area contributed by atoms with Crippen LogP contribution in [0.1, 0.15) is 41.6 Å². The molecule has 134 valence electrons. The molecule has 25 heavy (non-hydrogen) atoms. The smallest absolute Gasteiger partial charge is 0.211 e. The molecule has 1 aliphatic rings. The SMILES string of the molecule is CCS(=O)(=O)NC(Cc1ccccc1)c1ccc2c(c1)CNCCC2. The van der Waals surface area contributed by atoms with Gasteiger partial charge < -0.3 is 5.32 Å². The van der Waals surface area contributed by atoms with Crippen LogP contribution in [0, 0.1) is 0 Å². The lowest BCUT2D eigenvalue weighted by atomic mass is 9.95. The predicted molar refractivity (Wildman–Crippen MR) is 102 cm³/mol. The number of benzene rings is 2. The first-order chi connectivity index (χ1) is 12.1. The van der Waals surface area contributed by atoms with E-state index in [-0.39, 0.29) is 11.8 Å². The van der Waals surface area contributed by atoms with E-state index >= 15 is 0 Å². The molecular weight excluding hydrogens is 332 g/mol. The van der Waals surface area contributed by atoms with E-state index in [0.717, 1.165) is 37.1 Å². The van der Waals surface area contributed by atoms with E-state index < -0.39 is 10.0 Å². The van der Waals surface area contributed by atoms with Gasteiger partial charge in [0.2, 0.25) is 10.0 Å². The predicted octanol–water partition coefficient (Wildman–Crippen LogP) is 2.95. The summed E-state index contributed by atoms with van der Waals surface area (Å²) in [5.74, 6) is 0.0881. The summed E-state index contributed by atoms with van der Waals surface area (Å²) in [4.78, 5) is 0. The number of fused-ring (bicyclic) bond motifs is 1. The van der Waals surface area contributed by atoms with E-state index in [1.54, 1.807) is 6.92 Å². The Bertz CT molecular complexity index is 804. The van der Waals surface area contributed by atoms with Crippen LogP contribution in [0.4, 0.5) is 0 Å². The van der Waals surface area contributed by atoms with Crippen molar-refractivity contribution in [2.45, 2.75) is 38.8 Å². The van der Waals surface area contributed by atoms with Crippen LogP contribution in [-0.2, 0) is 29.4 Å². The molecule has 0 aliphatic carbocycles. The van der Waals surface area contributed by atoms with Crippen LogP contribution in [0.15, 0.2) is 48.5 Å². The van der Waals surface area contributed by atoms with E-state index in [2.05, 4.69) is 28.2 Å². The van der Waals surface area contributed by atoms with Gasteiger partial charge in [0.15, 0.2) is 0 Å². The Morgan fingerprint density at radius 3 is 2.68 bits per heavy atom. The number of hydrogen-bond donors (Lipinski definition) is 2. The number of nitrogens with one attached hydrogen (secondary N) is 2. The van der Waals surface area contributed by atoms with Crippen LogP contribution in [0.5, 0.6) is 0 Å². The Balaban J connectivity index is 1.91. The zero-order valence-corrected chi connectivity index (χ0v) is 15.5. The molecule has 1 unspecified atom stereocenters. The normalized spacial score (nSPS) is 16.0. The number of sulfonamides is 1. The van der Waals surface area contributed by atoms with Gasteiger partial charge in [-0.05, 0) is 55.0 Å². The monoisotopic (exact) mass is 358 g/mol. The van der Waals surface area contributed by atoms with Gasteiger partial charge in [-0.25, -0.2) is 13.1 Å². The molecule has 0 amide bonds. The van der Waals surface area contributed by atoms with Gasteiger partial charge in [0.1, 0.15) is 0 Å². The minimum absolute atomic E-state index is 0.0881. The minimum atomic E-state index is -3.28. The molecule has 3 rings (SSSR count).